The van der Waals surface area contributed by atoms with E-state index in [2.05, 4.69) is 29.0 Å². The number of rotatable bonds is 4. The highest BCUT2D eigenvalue weighted by atomic mass is 32.1. The molecular formula is C15H24N3O2S+. The van der Waals surface area contributed by atoms with Gasteiger partial charge in [0, 0.05) is 22.9 Å². The summed E-state index contributed by atoms with van der Waals surface area (Å²) in [5.41, 5.74) is 1.35. The maximum atomic E-state index is 12.0. The number of imide groups is 1. The topological polar surface area (TPSA) is 62.6 Å². The predicted octanol–water partition coefficient (Wildman–Crippen LogP) is 0.874. The van der Waals surface area contributed by atoms with E-state index in [0.717, 1.165) is 19.4 Å². The fraction of sp³-hybridized carbons (Fsp3) is 0.600. The Kier molecular flexibility index (Phi) is 5.36. The summed E-state index contributed by atoms with van der Waals surface area (Å²) < 4.78 is 0. The minimum absolute atomic E-state index is 0.0763. The Morgan fingerprint density at radius 3 is 3.00 bits per heavy atom. The number of carbonyl (C=O) groups excluding carboxylic acids is 2. The molecule has 1 aromatic rings. The Morgan fingerprint density at radius 1 is 1.52 bits per heavy atom. The van der Waals surface area contributed by atoms with Crippen molar-refractivity contribution in [1.29, 1.82) is 0 Å². The van der Waals surface area contributed by atoms with Crippen LogP contribution in [0.15, 0.2) is 11.4 Å². The second kappa shape index (κ2) is 7.04. The highest BCUT2D eigenvalue weighted by Crippen LogP contribution is 2.24. The normalized spacial score (nSPS) is 22.2. The summed E-state index contributed by atoms with van der Waals surface area (Å²) in [6.07, 6.45) is 1.86. The molecule has 0 radical (unpaired) electrons. The lowest BCUT2D eigenvalue weighted by molar-refractivity contribution is -0.924. The first-order valence-electron chi connectivity index (χ1n) is 7.52. The SMILES string of the molecule is CC[C@H](C)NC(=O)NC(=O)C[NH+]1CCc2sccc2[C@@H]1C. The quantitative estimate of drug-likeness (QED) is 0.773. The number of amides is 3. The third-order valence-electron chi connectivity index (χ3n) is 4.16. The van der Waals surface area contributed by atoms with Gasteiger partial charge in [-0.3, -0.25) is 10.1 Å². The van der Waals surface area contributed by atoms with Gasteiger partial charge in [-0.1, -0.05) is 6.92 Å². The van der Waals surface area contributed by atoms with Crippen molar-refractivity contribution in [3.63, 3.8) is 0 Å². The second-order valence-electron chi connectivity index (χ2n) is 5.69. The van der Waals surface area contributed by atoms with Crippen LogP contribution in [0.4, 0.5) is 4.79 Å². The lowest BCUT2D eigenvalue weighted by atomic mass is 10.0. The molecule has 3 amide bonds. The van der Waals surface area contributed by atoms with Crippen LogP contribution < -0.4 is 15.5 Å². The average molecular weight is 310 g/mol. The van der Waals surface area contributed by atoms with Crippen molar-refractivity contribution in [2.75, 3.05) is 13.1 Å². The summed E-state index contributed by atoms with van der Waals surface area (Å²) >= 11 is 1.79. The monoisotopic (exact) mass is 310 g/mol. The van der Waals surface area contributed by atoms with Crippen LogP contribution in [0.3, 0.4) is 0 Å². The molecule has 5 nitrogen and oxygen atoms in total. The van der Waals surface area contributed by atoms with Gasteiger partial charge in [-0.2, -0.15) is 0 Å². The minimum atomic E-state index is -0.394. The summed E-state index contributed by atoms with van der Waals surface area (Å²) in [5.74, 6) is -0.212. The lowest BCUT2D eigenvalue weighted by Crippen LogP contribution is -3.14. The molecule has 3 N–H and O–H groups in total. The van der Waals surface area contributed by atoms with Gasteiger partial charge in [0.1, 0.15) is 6.04 Å². The Morgan fingerprint density at radius 2 is 2.29 bits per heavy atom. The summed E-state index contributed by atoms with van der Waals surface area (Å²) in [4.78, 5) is 26.3. The smallest absolute Gasteiger partial charge is 0.321 e. The molecule has 0 fully saturated rings. The van der Waals surface area contributed by atoms with Crippen LogP contribution >= 0.6 is 11.3 Å². The van der Waals surface area contributed by atoms with E-state index in [1.165, 1.54) is 15.3 Å². The standard InChI is InChI=1S/C15H23N3O2S/c1-4-10(2)16-15(20)17-14(19)9-18-7-5-13-12(11(18)3)6-8-21-13/h6,8,10-11H,4-5,7,9H2,1-3H3,(H2,16,17,19,20)/p+1/t10-,11-/m0/s1. The molecule has 0 saturated heterocycles. The van der Waals surface area contributed by atoms with Crippen LogP contribution in [-0.2, 0) is 11.2 Å². The molecule has 21 heavy (non-hydrogen) atoms. The van der Waals surface area contributed by atoms with Crippen molar-refractivity contribution in [2.45, 2.75) is 45.7 Å². The zero-order valence-electron chi connectivity index (χ0n) is 12.9. The van der Waals surface area contributed by atoms with E-state index in [4.69, 9.17) is 0 Å². The van der Waals surface area contributed by atoms with E-state index in [-0.39, 0.29) is 11.9 Å². The number of nitrogens with one attached hydrogen (secondary N) is 3. The van der Waals surface area contributed by atoms with Crippen LogP contribution in [0.25, 0.3) is 0 Å². The molecule has 1 unspecified atom stereocenters. The van der Waals surface area contributed by atoms with Crippen LogP contribution in [0.2, 0.25) is 0 Å². The van der Waals surface area contributed by atoms with Crippen LogP contribution in [0.5, 0.6) is 0 Å². The largest absolute Gasteiger partial charge is 0.335 e. The van der Waals surface area contributed by atoms with Gasteiger partial charge in [0.05, 0.1) is 6.54 Å². The average Bonchev–Trinajstić information content (AvgIpc) is 2.90. The first-order chi connectivity index (χ1) is 10.0. The fourth-order valence-corrected chi connectivity index (χ4v) is 3.61. The number of urea groups is 1. The van der Waals surface area contributed by atoms with Crippen molar-refractivity contribution in [3.05, 3.63) is 21.9 Å². The number of fused-ring (bicyclic) bond motifs is 1. The zero-order chi connectivity index (χ0) is 15.4. The third kappa shape index (κ3) is 4.04. The molecule has 116 valence electrons. The van der Waals surface area contributed by atoms with Gasteiger partial charge in [-0.15, -0.1) is 11.3 Å². The molecule has 0 saturated carbocycles. The first kappa shape index (κ1) is 16.0. The number of hydrogen-bond donors (Lipinski definition) is 3. The van der Waals surface area contributed by atoms with Gasteiger partial charge in [-0.05, 0) is 31.7 Å². The molecule has 0 aliphatic carbocycles. The molecule has 1 aliphatic heterocycles. The molecular weight excluding hydrogens is 286 g/mol. The van der Waals surface area contributed by atoms with Crippen molar-refractivity contribution in [3.8, 4) is 0 Å². The molecule has 0 bridgehead atoms. The van der Waals surface area contributed by atoms with Crippen molar-refractivity contribution < 1.29 is 14.5 Å². The van der Waals surface area contributed by atoms with Crippen LogP contribution in [0, 0.1) is 0 Å². The first-order valence-corrected chi connectivity index (χ1v) is 8.40. The lowest BCUT2D eigenvalue weighted by Gasteiger charge is -2.29. The Hall–Kier alpha value is -1.40. The van der Waals surface area contributed by atoms with Gasteiger partial charge in [0.15, 0.2) is 6.54 Å². The predicted molar refractivity (Wildman–Crippen MR) is 83.6 cm³/mol. The molecule has 0 spiro atoms. The Bertz CT molecular complexity index is 515. The fourth-order valence-electron chi connectivity index (χ4n) is 2.63. The second-order valence-corrected chi connectivity index (χ2v) is 6.69. The summed E-state index contributed by atoms with van der Waals surface area (Å²) in [6.45, 7) is 7.33. The van der Waals surface area contributed by atoms with E-state index in [0.29, 0.717) is 12.6 Å². The molecule has 0 aromatic carbocycles. The summed E-state index contributed by atoms with van der Waals surface area (Å²) in [5, 5.41) is 7.28. The number of thiophene rings is 1. The number of quaternary nitrogens is 1. The van der Waals surface area contributed by atoms with Gasteiger partial charge in [0.25, 0.3) is 5.91 Å². The third-order valence-corrected chi connectivity index (χ3v) is 5.16. The molecule has 1 aliphatic rings. The molecule has 1 aromatic heterocycles. The van der Waals surface area contributed by atoms with E-state index in [1.54, 1.807) is 11.3 Å². The molecule has 2 rings (SSSR count). The van der Waals surface area contributed by atoms with E-state index >= 15 is 0 Å². The molecule has 6 heteroatoms. The van der Waals surface area contributed by atoms with Crippen LogP contribution in [0.1, 0.15) is 43.7 Å². The molecule has 2 heterocycles. The van der Waals surface area contributed by atoms with Gasteiger partial charge < -0.3 is 10.2 Å². The van der Waals surface area contributed by atoms with Gasteiger partial charge >= 0.3 is 6.03 Å². The molecule has 3 atom stereocenters. The minimum Gasteiger partial charge on any atom is -0.335 e. The maximum Gasteiger partial charge on any atom is 0.321 e. The van der Waals surface area contributed by atoms with E-state index in [1.807, 2.05) is 13.8 Å². The summed E-state index contributed by atoms with van der Waals surface area (Å²) in [6, 6.07) is 2.14. The summed E-state index contributed by atoms with van der Waals surface area (Å²) in [7, 11) is 0. The highest BCUT2D eigenvalue weighted by molar-refractivity contribution is 7.10. The van der Waals surface area contributed by atoms with Crippen LogP contribution in [-0.4, -0.2) is 31.1 Å². The Balaban J connectivity index is 1.85. The maximum absolute atomic E-state index is 12.0. The van der Waals surface area contributed by atoms with Gasteiger partial charge in [0.2, 0.25) is 0 Å². The van der Waals surface area contributed by atoms with Crippen molar-refractivity contribution in [1.82, 2.24) is 10.6 Å². The zero-order valence-corrected chi connectivity index (χ0v) is 13.7. The van der Waals surface area contributed by atoms with E-state index < -0.39 is 6.03 Å². The highest BCUT2D eigenvalue weighted by Gasteiger charge is 2.30. The van der Waals surface area contributed by atoms with Gasteiger partial charge in [-0.25, -0.2) is 4.79 Å². The van der Waals surface area contributed by atoms with E-state index in [9.17, 15) is 9.59 Å². The number of hydrogen-bond acceptors (Lipinski definition) is 3. The van der Waals surface area contributed by atoms with Crippen molar-refractivity contribution >= 4 is 23.3 Å². The number of carbonyl (C=O) groups is 2. The Labute approximate surface area is 129 Å². The van der Waals surface area contributed by atoms with Crippen molar-refractivity contribution in [2.24, 2.45) is 0 Å².